The fourth-order valence-corrected chi connectivity index (χ4v) is 6.40. The van der Waals surface area contributed by atoms with Crippen molar-refractivity contribution in [2.45, 2.75) is 32.0 Å². The molecule has 0 radical (unpaired) electrons. The highest BCUT2D eigenvalue weighted by Crippen LogP contribution is 2.39. The molecule has 2 aromatic carbocycles. The molecule has 1 fully saturated rings. The number of rotatable bonds is 9. The number of piperidine rings is 1. The number of nitrogens with one attached hydrogen (secondary N) is 1. The van der Waals surface area contributed by atoms with E-state index < -0.39 is 24.2 Å². The molecule has 48 heavy (non-hydrogen) atoms. The van der Waals surface area contributed by atoms with Crippen LogP contribution in [0.15, 0.2) is 61.2 Å². The molecule has 0 spiro atoms. The van der Waals surface area contributed by atoms with E-state index in [1.54, 1.807) is 11.0 Å². The van der Waals surface area contributed by atoms with E-state index in [0.29, 0.717) is 33.9 Å². The average molecular weight is 705 g/mol. The third-order valence-corrected chi connectivity index (χ3v) is 9.18. The molecule has 4 heterocycles. The van der Waals surface area contributed by atoms with Crippen LogP contribution >= 0.6 is 22.9 Å². The van der Waals surface area contributed by atoms with Crippen LogP contribution in [0.4, 0.5) is 13.2 Å². The number of carbonyl (C=O) groups excluding carboxylic acids is 1. The Bertz CT molecular complexity index is 1920. The molecular formula is C32H32ClF3N6O5S. The summed E-state index contributed by atoms with van der Waals surface area (Å²) >= 11 is 8.04. The summed E-state index contributed by atoms with van der Waals surface area (Å²) in [5, 5.41) is 16.0. The highest BCUT2D eigenvalue weighted by atomic mass is 35.5. The third kappa shape index (κ3) is 8.09. The standard InChI is InChI=1S/C30H31ClN6O3S.C2HF3O2/c1-18(22-4-3-5-25(28(22)31)39-16-19-8-10-33-11-9-19)40-26-13-27(41-29(26)30(32)38)37-17-34-23-12-20(6-7-24(23)37)21-14-35-36(2)15-21;3-2(4,5)1(6)7/h3-7,12-15,17-19,33H,8-11,16H2,1-2H3,(H2,32,38);(H,6,7)/t18-;/m1./s1. The van der Waals surface area contributed by atoms with Crippen LogP contribution in [0.2, 0.25) is 5.02 Å². The summed E-state index contributed by atoms with van der Waals surface area (Å²) in [7, 11) is 1.89. The monoisotopic (exact) mass is 704 g/mol. The van der Waals surface area contributed by atoms with Crippen LogP contribution < -0.4 is 20.5 Å². The molecule has 1 amide bonds. The van der Waals surface area contributed by atoms with Crippen molar-refractivity contribution in [1.82, 2.24) is 24.6 Å². The average Bonchev–Trinajstić information content (AvgIpc) is 3.79. The SMILES string of the molecule is C[C@@H](Oc1cc(-n2cnc3cc(-c4cnn(C)c4)ccc32)sc1C(N)=O)c1cccc(OCC2CCNCC2)c1Cl.O=C(O)C(F)(F)F. The van der Waals surface area contributed by atoms with Crippen molar-refractivity contribution < 1.29 is 37.3 Å². The van der Waals surface area contributed by atoms with Crippen molar-refractivity contribution in [3.8, 4) is 27.6 Å². The number of thiophene rings is 1. The number of imidazole rings is 1. The number of carbonyl (C=O) groups is 2. The molecule has 3 aromatic heterocycles. The minimum absolute atomic E-state index is 0.329. The van der Waals surface area contributed by atoms with Gasteiger partial charge >= 0.3 is 12.1 Å². The summed E-state index contributed by atoms with van der Waals surface area (Å²) in [5.74, 6) is -1.77. The molecule has 254 valence electrons. The zero-order chi connectivity index (χ0) is 34.6. The predicted molar refractivity (Wildman–Crippen MR) is 175 cm³/mol. The number of nitrogens with two attached hydrogens (primary N) is 1. The Morgan fingerprint density at radius 2 is 1.90 bits per heavy atom. The molecular weight excluding hydrogens is 673 g/mol. The number of ether oxygens (including phenoxy) is 2. The van der Waals surface area contributed by atoms with E-state index >= 15 is 0 Å². The van der Waals surface area contributed by atoms with Crippen molar-refractivity contribution in [3.63, 3.8) is 0 Å². The van der Waals surface area contributed by atoms with E-state index in [-0.39, 0.29) is 0 Å². The first-order valence-electron chi connectivity index (χ1n) is 14.8. The van der Waals surface area contributed by atoms with Gasteiger partial charge in [-0.2, -0.15) is 18.3 Å². The number of benzene rings is 2. The number of nitrogens with zero attached hydrogens (tertiary/aromatic N) is 4. The van der Waals surface area contributed by atoms with Gasteiger partial charge in [0.05, 0.1) is 28.9 Å². The van der Waals surface area contributed by atoms with Crippen molar-refractivity contribution in [2.24, 2.45) is 18.7 Å². The van der Waals surface area contributed by atoms with E-state index in [1.165, 1.54) is 11.3 Å². The number of aromatic nitrogens is 4. The number of aliphatic carboxylic acids is 1. The molecule has 1 aliphatic heterocycles. The van der Waals surface area contributed by atoms with Gasteiger partial charge in [-0.05, 0) is 62.5 Å². The van der Waals surface area contributed by atoms with Gasteiger partial charge in [0, 0.05) is 30.4 Å². The van der Waals surface area contributed by atoms with E-state index in [2.05, 4.69) is 15.4 Å². The maximum atomic E-state index is 12.4. The molecule has 0 saturated carbocycles. The number of hydrogen-bond acceptors (Lipinski definition) is 8. The quantitative estimate of drug-likeness (QED) is 0.160. The first-order valence-corrected chi connectivity index (χ1v) is 16.0. The Hall–Kier alpha value is -4.60. The fourth-order valence-electron chi connectivity index (χ4n) is 5.14. The highest BCUT2D eigenvalue weighted by molar-refractivity contribution is 7.16. The van der Waals surface area contributed by atoms with Crippen molar-refractivity contribution in [2.75, 3.05) is 19.7 Å². The second-order valence-corrected chi connectivity index (χ2v) is 12.5. The van der Waals surface area contributed by atoms with E-state index in [9.17, 15) is 18.0 Å². The second-order valence-electron chi connectivity index (χ2n) is 11.1. The van der Waals surface area contributed by atoms with Gasteiger partial charge in [0.2, 0.25) is 0 Å². The largest absolute Gasteiger partial charge is 0.492 e. The Labute approximate surface area is 282 Å². The zero-order valence-corrected chi connectivity index (χ0v) is 27.4. The number of halogens is 4. The second kappa shape index (κ2) is 14.7. The van der Waals surface area contributed by atoms with E-state index in [1.807, 2.05) is 73.4 Å². The molecule has 0 bridgehead atoms. The molecule has 6 rings (SSSR count). The van der Waals surface area contributed by atoms with Gasteiger partial charge < -0.3 is 25.6 Å². The summed E-state index contributed by atoms with van der Waals surface area (Å²) in [6, 6.07) is 13.6. The van der Waals surface area contributed by atoms with Gasteiger partial charge in [-0.25, -0.2) is 9.78 Å². The molecule has 5 aromatic rings. The summed E-state index contributed by atoms with van der Waals surface area (Å²) in [6.45, 7) is 4.55. The molecule has 11 nitrogen and oxygen atoms in total. The van der Waals surface area contributed by atoms with Crippen LogP contribution in [0.25, 0.3) is 27.2 Å². The molecule has 1 aliphatic rings. The van der Waals surface area contributed by atoms with E-state index in [0.717, 1.165) is 58.7 Å². The third-order valence-electron chi connectivity index (χ3n) is 7.64. The van der Waals surface area contributed by atoms with Gasteiger partial charge in [0.15, 0.2) is 0 Å². The smallest absolute Gasteiger partial charge is 0.490 e. The number of amides is 1. The predicted octanol–water partition coefficient (Wildman–Crippen LogP) is 6.39. The number of carboxylic acid groups (broad SMARTS) is 1. The first kappa shape index (κ1) is 34.7. The minimum Gasteiger partial charge on any atom is -0.492 e. The van der Waals surface area contributed by atoms with E-state index in [4.69, 9.17) is 36.7 Å². The number of fused-ring (bicyclic) bond motifs is 1. The van der Waals surface area contributed by atoms with Gasteiger partial charge in [0.25, 0.3) is 5.91 Å². The lowest BCUT2D eigenvalue weighted by Gasteiger charge is -2.23. The zero-order valence-electron chi connectivity index (χ0n) is 25.8. The number of hydrogen-bond donors (Lipinski definition) is 3. The highest BCUT2D eigenvalue weighted by Gasteiger charge is 2.38. The Morgan fingerprint density at radius 3 is 2.54 bits per heavy atom. The van der Waals surface area contributed by atoms with Crippen LogP contribution in [0, 0.1) is 5.92 Å². The first-order chi connectivity index (χ1) is 22.8. The molecule has 4 N–H and O–H groups in total. The lowest BCUT2D eigenvalue weighted by atomic mass is 9.99. The molecule has 0 unspecified atom stereocenters. The van der Waals surface area contributed by atoms with Gasteiger partial charge in [-0.1, -0.05) is 29.8 Å². The number of carboxylic acids is 1. The number of alkyl halides is 3. The fraction of sp³-hybridized carbons (Fsp3) is 0.312. The summed E-state index contributed by atoms with van der Waals surface area (Å²) < 4.78 is 47.9. The topological polar surface area (TPSA) is 147 Å². The van der Waals surface area contributed by atoms with Crippen LogP contribution in [-0.2, 0) is 11.8 Å². The lowest BCUT2D eigenvalue weighted by molar-refractivity contribution is -0.192. The Morgan fingerprint density at radius 1 is 1.17 bits per heavy atom. The van der Waals surface area contributed by atoms with Crippen molar-refractivity contribution >= 4 is 45.8 Å². The number of primary amides is 1. The summed E-state index contributed by atoms with van der Waals surface area (Å²) in [5.41, 5.74) is 10.3. The van der Waals surface area contributed by atoms with Gasteiger partial charge in [-0.15, -0.1) is 11.3 Å². The Balaban J connectivity index is 0.000000582. The molecule has 1 atom stereocenters. The van der Waals surface area contributed by atoms with Gasteiger partial charge in [0.1, 0.15) is 33.8 Å². The lowest BCUT2D eigenvalue weighted by Crippen LogP contribution is -2.30. The van der Waals surface area contributed by atoms with Crippen LogP contribution in [0.3, 0.4) is 0 Å². The van der Waals surface area contributed by atoms with Crippen LogP contribution in [-0.4, -0.2) is 62.2 Å². The van der Waals surface area contributed by atoms with Crippen molar-refractivity contribution in [1.29, 1.82) is 0 Å². The van der Waals surface area contributed by atoms with Crippen LogP contribution in [0.1, 0.15) is 41.1 Å². The molecule has 1 saturated heterocycles. The normalized spacial score (nSPS) is 14.3. The number of aryl methyl sites for hydroxylation is 1. The van der Waals surface area contributed by atoms with Crippen molar-refractivity contribution in [3.05, 3.63) is 76.6 Å². The molecule has 16 heteroatoms. The maximum Gasteiger partial charge on any atom is 0.490 e. The summed E-state index contributed by atoms with van der Waals surface area (Å²) in [6.07, 6.45) is 2.16. The minimum atomic E-state index is -5.08. The van der Waals surface area contributed by atoms with Crippen LogP contribution in [0.5, 0.6) is 11.5 Å². The maximum absolute atomic E-state index is 12.4. The molecule has 0 aliphatic carbocycles. The summed E-state index contributed by atoms with van der Waals surface area (Å²) in [4.78, 5) is 26.2. The Kier molecular flexibility index (Phi) is 10.6. The van der Waals surface area contributed by atoms with Gasteiger partial charge in [-0.3, -0.25) is 14.0 Å².